The predicted molar refractivity (Wildman–Crippen MR) is 277 cm³/mol. The van der Waals surface area contributed by atoms with E-state index in [0.717, 1.165) is 117 Å². The number of hydrogen-bond donors (Lipinski definition) is 0. The number of imidazole rings is 1. The van der Waals surface area contributed by atoms with Crippen molar-refractivity contribution in [2.45, 2.75) is 93.4 Å². The number of nitrogens with zero attached hydrogens (tertiary/aromatic N) is 3. The summed E-state index contributed by atoms with van der Waals surface area (Å²) in [6.07, 6.45) is 2.39. The van der Waals surface area contributed by atoms with E-state index in [1.165, 1.54) is 5.19 Å². The number of hydrogen-bond acceptors (Lipinski definition) is 1. The van der Waals surface area contributed by atoms with Gasteiger partial charge in [0, 0.05) is 27.5 Å². The van der Waals surface area contributed by atoms with Gasteiger partial charge in [-0.2, -0.15) is 4.57 Å². The van der Waals surface area contributed by atoms with Crippen molar-refractivity contribution in [3.63, 3.8) is 0 Å². The zero-order valence-electron chi connectivity index (χ0n) is 44.0. The first-order valence-corrected chi connectivity index (χ1v) is 26.9. The number of fused-ring (bicyclic) bond motifs is 17. The molecule has 5 heteroatoms. The van der Waals surface area contributed by atoms with Crippen LogP contribution >= 0.6 is 0 Å². The molecule has 7 aromatic carbocycles. The lowest BCUT2D eigenvalue weighted by Gasteiger charge is -2.32. The first-order valence-electron chi connectivity index (χ1n) is 25.4. The van der Waals surface area contributed by atoms with Crippen LogP contribution in [0, 0.1) is 40.0 Å². The van der Waals surface area contributed by atoms with Gasteiger partial charge in [-0.05, 0) is 138 Å². The molecule has 2 aliphatic heterocycles. The summed E-state index contributed by atoms with van der Waals surface area (Å²) in [6.45, 7) is 22.0. The van der Waals surface area contributed by atoms with Gasteiger partial charge in [-0.25, -0.2) is 0 Å². The highest BCUT2D eigenvalue weighted by Crippen LogP contribution is 2.55. The highest BCUT2D eigenvalue weighted by atomic mass is 28.3. The zero-order chi connectivity index (χ0) is 49.4. The molecule has 0 saturated heterocycles. The van der Waals surface area contributed by atoms with Gasteiger partial charge < -0.3 is 4.42 Å². The topological polar surface area (TPSA) is 25.8 Å². The summed E-state index contributed by atoms with van der Waals surface area (Å²) in [5.41, 5.74) is 15.3. The minimum atomic E-state index is -2.46. The molecule has 0 N–H and O–H groups in total. The summed E-state index contributed by atoms with van der Waals surface area (Å²) < 4.78 is 53.1. The molecule has 2 aliphatic rings. The molecule has 0 aliphatic carbocycles. The molecule has 66 heavy (non-hydrogen) atoms. The van der Waals surface area contributed by atoms with E-state index in [1.54, 1.807) is 0 Å². The zero-order valence-corrected chi connectivity index (χ0v) is 41.0. The summed E-state index contributed by atoms with van der Waals surface area (Å²) in [5, 5.41) is 5.57. The maximum Gasteiger partial charge on any atom is 0.364 e. The lowest BCUT2D eigenvalue weighted by Crippen LogP contribution is -2.72. The Morgan fingerprint density at radius 1 is 0.727 bits per heavy atom. The van der Waals surface area contributed by atoms with E-state index in [1.807, 2.05) is 36.4 Å². The second-order valence-electron chi connectivity index (χ2n) is 21.3. The molecule has 10 aromatic rings. The Hall–Kier alpha value is -6.56. The van der Waals surface area contributed by atoms with Crippen LogP contribution in [-0.4, -0.2) is 12.6 Å². The molecule has 12 rings (SSSR count). The van der Waals surface area contributed by atoms with Gasteiger partial charge in [0.25, 0.3) is 0 Å². The molecule has 5 heterocycles. The van der Waals surface area contributed by atoms with Crippen LogP contribution in [0.15, 0.2) is 138 Å². The Bertz CT molecular complexity index is 3900. The molecule has 0 radical (unpaired) electrons. The maximum atomic E-state index is 10.3. The molecule has 2 atom stereocenters. The van der Waals surface area contributed by atoms with Crippen molar-refractivity contribution < 1.29 is 19.0 Å². The lowest BCUT2D eigenvalue weighted by atomic mass is 9.77. The van der Waals surface area contributed by atoms with Crippen molar-refractivity contribution in [2.75, 3.05) is 0 Å². The SMILES string of the molecule is [2H]C([2H])([2H])c1cc2c(cc1-c1ccccc1)-c1cc(C([2H])(C)C(C)(C)C)c([Si](C)(C)C)c[n+]1C21c2cc(C)c3c(oc4cc(C)ccc43)c2-c2n(-c3c(C)cccc3C)c3cc4ccccc4cc3[n+]21. The van der Waals surface area contributed by atoms with Gasteiger partial charge in [-0.3, -0.25) is 0 Å². The Morgan fingerprint density at radius 2 is 1.42 bits per heavy atom. The van der Waals surface area contributed by atoms with Gasteiger partial charge in [0.1, 0.15) is 16.8 Å². The molecule has 0 saturated carbocycles. The van der Waals surface area contributed by atoms with Gasteiger partial charge >= 0.3 is 11.5 Å². The molecule has 1 spiro atoms. The van der Waals surface area contributed by atoms with Gasteiger partial charge in [0.2, 0.25) is 5.69 Å². The van der Waals surface area contributed by atoms with Crippen LogP contribution in [0.5, 0.6) is 0 Å². The monoisotopic (exact) mass is 881 g/mol. The standard InChI is InChI=1S/C61H59N3OSi/c1-35-25-26-44-53(27-35)65-58-55(44)39(5)29-49-56(58)59-63(57-36(2)19-18-20-37(57)3)51-30-42-23-16-17-24-43(42)31-52(51)64(59)61(49)48-28-38(4)45(41-21-14-13-15-22-41)32-47(48)50-33-46(40(6)60(7,8)9)54(34-62(50)61)66(10,11)12/h13-34,40H,1-12H3/q+2/i4D3,40D. The summed E-state index contributed by atoms with van der Waals surface area (Å²) in [6, 6.07) is 45.1. The van der Waals surface area contributed by atoms with Crippen LogP contribution < -0.4 is 14.3 Å². The molecule has 4 nitrogen and oxygen atoms in total. The molecular formula is C61H59N3OSi+2. The van der Waals surface area contributed by atoms with Crippen molar-refractivity contribution in [1.29, 1.82) is 0 Å². The van der Waals surface area contributed by atoms with Crippen LogP contribution in [0.3, 0.4) is 0 Å². The Kier molecular flexibility index (Phi) is 7.63. The van der Waals surface area contributed by atoms with Crippen LogP contribution in [-0.2, 0) is 5.66 Å². The van der Waals surface area contributed by atoms with E-state index >= 15 is 0 Å². The first-order chi connectivity index (χ1) is 33.0. The van der Waals surface area contributed by atoms with E-state index in [-0.39, 0.29) is 0 Å². The summed E-state index contributed by atoms with van der Waals surface area (Å²) in [4.78, 5) is 0. The molecule has 3 aromatic heterocycles. The van der Waals surface area contributed by atoms with Crippen molar-refractivity contribution in [1.82, 2.24) is 4.57 Å². The average Bonchev–Trinajstić information content (AvgIpc) is 4.00. The third-order valence-corrected chi connectivity index (χ3v) is 17.1. The van der Waals surface area contributed by atoms with Crippen molar-refractivity contribution in [3.05, 3.63) is 178 Å². The van der Waals surface area contributed by atoms with Crippen molar-refractivity contribution in [2.24, 2.45) is 5.41 Å². The largest absolute Gasteiger partial charge is 0.455 e. The second-order valence-corrected chi connectivity index (χ2v) is 26.3. The Morgan fingerprint density at radius 3 is 2.12 bits per heavy atom. The van der Waals surface area contributed by atoms with Gasteiger partial charge in [-0.15, -0.1) is 9.13 Å². The number of furan rings is 1. The third-order valence-electron chi connectivity index (χ3n) is 15.1. The molecule has 326 valence electrons. The highest BCUT2D eigenvalue weighted by molar-refractivity contribution is 6.89. The molecule has 0 fully saturated rings. The van der Waals surface area contributed by atoms with Gasteiger partial charge in [0.05, 0.1) is 24.8 Å². The number of para-hydroxylation sites is 1. The number of pyridine rings is 1. The summed E-state index contributed by atoms with van der Waals surface area (Å²) in [7, 11) is -2.27. The normalized spacial score (nSPS) is 17.4. The number of aromatic nitrogens is 3. The highest BCUT2D eigenvalue weighted by Gasteiger charge is 2.68. The van der Waals surface area contributed by atoms with Crippen LogP contribution in [0.25, 0.3) is 83.2 Å². The van der Waals surface area contributed by atoms with Gasteiger partial charge in [-0.1, -0.05) is 132 Å². The van der Waals surface area contributed by atoms with E-state index in [2.05, 4.69) is 186 Å². The molecule has 0 amide bonds. The van der Waals surface area contributed by atoms with Crippen LogP contribution in [0.2, 0.25) is 19.6 Å². The quantitative estimate of drug-likeness (QED) is 0.128. The minimum Gasteiger partial charge on any atom is -0.455 e. The smallest absolute Gasteiger partial charge is 0.364 e. The number of rotatable bonds is 4. The predicted octanol–water partition coefficient (Wildman–Crippen LogP) is 14.4. The van der Waals surface area contributed by atoms with E-state index in [9.17, 15) is 5.48 Å². The van der Waals surface area contributed by atoms with Crippen molar-refractivity contribution >= 4 is 57.0 Å². The first kappa shape index (κ1) is 36.6. The van der Waals surface area contributed by atoms with E-state index in [4.69, 9.17) is 4.42 Å². The lowest BCUT2D eigenvalue weighted by molar-refractivity contribution is -0.944. The van der Waals surface area contributed by atoms with Crippen LogP contribution in [0.4, 0.5) is 0 Å². The fourth-order valence-corrected chi connectivity index (χ4v) is 13.2. The summed E-state index contributed by atoms with van der Waals surface area (Å²) in [5.74, 6) is -0.0149. The summed E-state index contributed by atoms with van der Waals surface area (Å²) >= 11 is 0. The fraction of sp³-hybridized carbons (Fsp3) is 0.246. The Balaban J connectivity index is 1.40. The minimum absolute atomic E-state index is 0.299. The third kappa shape index (κ3) is 5.44. The molecular weight excluding hydrogens is 819 g/mol. The van der Waals surface area contributed by atoms with Crippen molar-refractivity contribution in [3.8, 4) is 39.5 Å². The molecule has 2 unspecified atom stereocenters. The van der Waals surface area contributed by atoms with E-state index < -0.39 is 31.9 Å². The number of benzene rings is 7. The van der Waals surface area contributed by atoms with E-state index in [0.29, 0.717) is 11.1 Å². The van der Waals surface area contributed by atoms with Gasteiger partial charge in [0.15, 0.2) is 22.8 Å². The second kappa shape index (κ2) is 13.7. The Labute approximate surface area is 395 Å². The fourth-order valence-electron chi connectivity index (χ4n) is 11.6. The van der Waals surface area contributed by atoms with Crippen LogP contribution in [0.1, 0.15) is 83.6 Å². The average molecular weight is 882 g/mol. The maximum absolute atomic E-state index is 10.3. The number of aryl methyl sites for hydroxylation is 5. The molecule has 0 bridgehead atoms.